The molecule has 2 amide bonds. The minimum Gasteiger partial charge on any atom is -0.444 e. The molecule has 1 aromatic heterocycles. The van der Waals surface area contributed by atoms with Crippen LogP contribution in [0.1, 0.15) is 43.9 Å². The van der Waals surface area contributed by atoms with Gasteiger partial charge in [-0.15, -0.1) is 0 Å². The average Bonchev–Trinajstić information content (AvgIpc) is 2.83. The van der Waals surface area contributed by atoms with E-state index in [1.807, 2.05) is 52.3 Å². The number of carbonyl (C=O) groups excluding carboxylic acids is 2. The van der Waals surface area contributed by atoms with E-state index in [2.05, 4.69) is 10.3 Å². The van der Waals surface area contributed by atoms with Gasteiger partial charge in [0.15, 0.2) is 0 Å². The minimum atomic E-state index is -0.538. The predicted octanol–water partition coefficient (Wildman–Crippen LogP) is 2.87. The van der Waals surface area contributed by atoms with Crippen LogP contribution in [0.5, 0.6) is 0 Å². The molecule has 0 fully saturated rings. The van der Waals surface area contributed by atoms with Gasteiger partial charge in [-0.25, -0.2) is 9.78 Å². The molecule has 0 saturated heterocycles. The molecule has 0 radical (unpaired) electrons. The zero-order valence-electron chi connectivity index (χ0n) is 16.4. The van der Waals surface area contributed by atoms with Crippen molar-refractivity contribution in [1.29, 1.82) is 0 Å². The predicted molar refractivity (Wildman–Crippen MR) is 101 cm³/mol. The molecule has 0 aliphatic heterocycles. The molecule has 7 heteroatoms. The number of carbonyl (C=O) groups is 2. The van der Waals surface area contributed by atoms with Gasteiger partial charge >= 0.3 is 6.09 Å². The maximum absolute atomic E-state index is 12.4. The fraction of sp³-hybridized carbons (Fsp3) is 0.526. The van der Waals surface area contributed by atoms with Gasteiger partial charge < -0.3 is 19.5 Å². The topological polar surface area (TPSA) is 76.5 Å². The molecule has 2 rings (SSSR count). The van der Waals surface area contributed by atoms with Gasteiger partial charge in [0.05, 0.1) is 11.0 Å². The molecule has 0 aliphatic carbocycles. The largest absolute Gasteiger partial charge is 0.444 e. The highest BCUT2D eigenvalue weighted by molar-refractivity contribution is 5.97. The van der Waals surface area contributed by atoms with Gasteiger partial charge in [0.1, 0.15) is 11.4 Å². The van der Waals surface area contributed by atoms with Crippen LogP contribution in [-0.4, -0.2) is 51.7 Å². The maximum Gasteiger partial charge on any atom is 0.410 e. The van der Waals surface area contributed by atoms with Crippen molar-refractivity contribution in [3.05, 3.63) is 29.6 Å². The standard InChI is InChI=1S/C19H28N4O3/c1-7-23(18(25)26-19(3,4)5)11-10-20-17(24)14-8-9-16-15(12-14)21-13(2)22(16)6/h8-9,12H,7,10-11H2,1-6H3,(H,20,24). The second kappa shape index (κ2) is 7.76. The third-order valence-electron chi connectivity index (χ3n) is 4.07. The van der Waals surface area contributed by atoms with Crippen LogP contribution in [-0.2, 0) is 11.8 Å². The number of aromatic nitrogens is 2. The molecule has 1 aromatic carbocycles. The second-order valence-corrected chi connectivity index (χ2v) is 7.24. The first-order valence-electron chi connectivity index (χ1n) is 8.81. The number of hydrogen-bond donors (Lipinski definition) is 1. The number of amides is 2. The normalized spacial score (nSPS) is 11.5. The Labute approximate surface area is 154 Å². The van der Waals surface area contributed by atoms with E-state index in [1.165, 1.54) is 0 Å². The second-order valence-electron chi connectivity index (χ2n) is 7.24. The first kappa shape index (κ1) is 19.8. The third kappa shape index (κ3) is 4.74. The monoisotopic (exact) mass is 360 g/mol. The van der Waals surface area contributed by atoms with Crippen LogP contribution in [0.3, 0.4) is 0 Å². The molecule has 142 valence electrons. The van der Waals surface area contributed by atoms with Gasteiger partial charge in [-0.2, -0.15) is 0 Å². The highest BCUT2D eigenvalue weighted by Crippen LogP contribution is 2.16. The maximum atomic E-state index is 12.4. The zero-order valence-corrected chi connectivity index (χ0v) is 16.4. The molecule has 7 nitrogen and oxygen atoms in total. The Bertz CT molecular complexity index is 805. The molecule has 2 aromatic rings. The number of nitrogens with one attached hydrogen (secondary N) is 1. The number of fused-ring (bicyclic) bond motifs is 1. The van der Waals surface area contributed by atoms with Gasteiger partial charge in [-0.1, -0.05) is 0 Å². The number of benzene rings is 1. The Morgan fingerprint density at radius 2 is 2.00 bits per heavy atom. The van der Waals surface area contributed by atoms with Crippen LogP contribution in [0, 0.1) is 6.92 Å². The number of hydrogen-bond acceptors (Lipinski definition) is 4. The van der Waals surface area contributed by atoms with Crippen LogP contribution < -0.4 is 5.32 Å². The fourth-order valence-corrected chi connectivity index (χ4v) is 2.57. The lowest BCUT2D eigenvalue weighted by Gasteiger charge is -2.26. The van der Waals surface area contributed by atoms with E-state index in [-0.39, 0.29) is 12.0 Å². The van der Waals surface area contributed by atoms with E-state index in [9.17, 15) is 9.59 Å². The molecular weight excluding hydrogens is 332 g/mol. The highest BCUT2D eigenvalue weighted by atomic mass is 16.6. The third-order valence-corrected chi connectivity index (χ3v) is 4.07. The van der Waals surface area contributed by atoms with Gasteiger partial charge in [-0.3, -0.25) is 4.79 Å². The summed E-state index contributed by atoms with van der Waals surface area (Å²) in [6.07, 6.45) is -0.375. The van der Waals surface area contributed by atoms with Gasteiger partial charge in [0.2, 0.25) is 0 Å². The number of imidazole rings is 1. The van der Waals surface area contributed by atoms with Crippen molar-refractivity contribution in [2.24, 2.45) is 7.05 Å². The Hall–Kier alpha value is -2.57. The SMILES string of the molecule is CCN(CCNC(=O)c1ccc2c(c1)nc(C)n2C)C(=O)OC(C)(C)C. The van der Waals surface area contributed by atoms with E-state index < -0.39 is 5.60 Å². The summed E-state index contributed by atoms with van der Waals surface area (Å²) >= 11 is 0. The molecular formula is C19H28N4O3. The van der Waals surface area contributed by atoms with Gasteiger partial charge in [0, 0.05) is 32.2 Å². The lowest BCUT2D eigenvalue weighted by atomic mass is 10.2. The van der Waals surface area contributed by atoms with Crippen LogP contribution in [0.15, 0.2) is 18.2 Å². The number of nitrogens with zero attached hydrogens (tertiary/aromatic N) is 3. The van der Waals surface area contributed by atoms with Crippen molar-refractivity contribution >= 4 is 23.0 Å². The highest BCUT2D eigenvalue weighted by Gasteiger charge is 2.21. The lowest BCUT2D eigenvalue weighted by molar-refractivity contribution is 0.0261. The van der Waals surface area contributed by atoms with Crippen molar-refractivity contribution < 1.29 is 14.3 Å². The van der Waals surface area contributed by atoms with Crippen molar-refractivity contribution in [3.63, 3.8) is 0 Å². The minimum absolute atomic E-state index is 0.185. The Balaban J connectivity index is 1.94. The Morgan fingerprint density at radius 1 is 1.31 bits per heavy atom. The Morgan fingerprint density at radius 3 is 2.62 bits per heavy atom. The Kier molecular flexibility index (Phi) is 5.90. The molecule has 1 heterocycles. The van der Waals surface area contributed by atoms with Crippen LogP contribution in [0.25, 0.3) is 11.0 Å². The fourth-order valence-electron chi connectivity index (χ4n) is 2.57. The summed E-state index contributed by atoms with van der Waals surface area (Å²) in [4.78, 5) is 30.5. The van der Waals surface area contributed by atoms with Crippen molar-refractivity contribution in [2.75, 3.05) is 19.6 Å². The van der Waals surface area contributed by atoms with Crippen molar-refractivity contribution in [2.45, 2.75) is 40.2 Å². The molecule has 0 unspecified atom stereocenters. The van der Waals surface area contributed by atoms with Crippen LogP contribution in [0.2, 0.25) is 0 Å². The van der Waals surface area contributed by atoms with Gasteiger partial charge in [0.25, 0.3) is 5.91 Å². The summed E-state index contributed by atoms with van der Waals surface area (Å²) in [6, 6.07) is 5.46. The van der Waals surface area contributed by atoms with Crippen molar-refractivity contribution in [1.82, 2.24) is 19.8 Å². The summed E-state index contributed by atoms with van der Waals surface area (Å²) in [7, 11) is 1.94. The van der Waals surface area contributed by atoms with E-state index in [1.54, 1.807) is 17.0 Å². The van der Waals surface area contributed by atoms with Gasteiger partial charge in [-0.05, 0) is 52.8 Å². The zero-order chi connectivity index (χ0) is 19.5. The quantitative estimate of drug-likeness (QED) is 0.889. The summed E-state index contributed by atoms with van der Waals surface area (Å²) in [6.45, 7) is 10.6. The molecule has 0 saturated carbocycles. The molecule has 0 bridgehead atoms. The summed E-state index contributed by atoms with van der Waals surface area (Å²) in [5.74, 6) is 0.712. The number of ether oxygens (including phenoxy) is 1. The first-order valence-corrected chi connectivity index (χ1v) is 8.81. The van der Waals surface area contributed by atoms with E-state index in [4.69, 9.17) is 4.74 Å². The molecule has 0 spiro atoms. The van der Waals surface area contributed by atoms with Crippen LogP contribution >= 0.6 is 0 Å². The summed E-state index contributed by atoms with van der Waals surface area (Å²) in [5, 5.41) is 2.84. The summed E-state index contributed by atoms with van der Waals surface area (Å²) < 4.78 is 7.34. The van der Waals surface area contributed by atoms with Crippen LogP contribution in [0.4, 0.5) is 4.79 Å². The lowest BCUT2D eigenvalue weighted by Crippen LogP contribution is -2.41. The summed E-state index contributed by atoms with van der Waals surface area (Å²) in [5.41, 5.74) is 1.79. The average molecular weight is 360 g/mol. The molecule has 0 aliphatic rings. The van der Waals surface area contributed by atoms with E-state index >= 15 is 0 Å². The van der Waals surface area contributed by atoms with Crippen molar-refractivity contribution in [3.8, 4) is 0 Å². The first-order chi connectivity index (χ1) is 12.1. The number of likely N-dealkylation sites (N-methyl/N-ethyl adjacent to an activating group) is 1. The molecule has 26 heavy (non-hydrogen) atoms. The van der Waals surface area contributed by atoms with E-state index in [0.717, 1.165) is 16.9 Å². The molecule has 1 N–H and O–H groups in total. The smallest absolute Gasteiger partial charge is 0.410 e. The number of rotatable bonds is 5. The van der Waals surface area contributed by atoms with E-state index in [0.29, 0.717) is 25.2 Å². The molecule has 0 atom stereocenters. The number of aryl methyl sites for hydroxylation is 2.